The Kier molecular flexibility index (Phi) is 7.12. The Balaban J connectivity index is 1.55. The third-order valence-electron chi connectivity index (χ3n) is 6.97. The average Bonchev–Trinajstić information content (AvgIpc) is 3.31. The first-order chi connectivity index (χ1) is 17.9. The number of nitrogens with zero attached hydrogens (tertiary/aromatic N) is 6. The molecule has 2 aliphatic heterocycles. The number of benzene rings is 1. The number of hydrogen-bond donors (Lipinski definition) is 1. The van der Waals surface area contributed by atoms with E-state index in [0.717, 1.165) is 19.4 Å². The quantitative estimate of drug-likeness (QED) is 0.488. The van der Waals surface area contributed by atoms with Crippen molar-refractivity contribution in [2.75, 3.05) is 51.3 Å². The number of phenolic OH excluding ortho intramolecular Hbond substituents is 1. The van der Waals surface area contributed by atoms with Crippen LogP contribution in [-0.4, -0.2) is 88.2 Å². The molecule has 37 heavy (non-hydrogen) atoms. The van der Waals surface area contributed by atoms with Gasteiger partial charge in [0.25, 0.3) is 0 Å². The van der Waals surface area contributed by atoms with Crippen LogP contribution in [0.25, 0.3) is 22.3 Å². The molecule has 0 spiro atoms. The Morgan fingerprint density at radius 3 is 2.70 bits per heavy atom. The monoisotopic (exact) mass is 526 g/mol. The highest BCUT2D eigenvalue weighted by Crippen LogP contribution is 2.38. The van der Waals surface area contributed by atoms with Crippen molar-refractivity contribution in [1.82, 2.24) is 24.8 Å². The lowest BCUT2D eigenvalue weighted by atomic mass is 10.1. The van der Waals surface area contributed by atoms with Gasteiger partial charge in [-0.25, -0.2) is 9.37 Å². The molecule has 1 N–H and O–H groups in total. The van der Waals surface area contributed by atoms with E-state index in [1.807, 2.05) is 4.90 Å². The number of ether oxygens (including phenoxy) is 1. The Labute approximate surface area is 219 Å². The number of anilines is 1. The van der Waals surface area contributed by atoms with Gasteiger partial charge in [-0.15, -0.1) is 0 Å². The van der Waals surface area contributed by atoms with Gasteiger partial charge in [-0.2, -0.15) is 9.97 Å². The molecule has 2 aliphatic rings. The number of carbonyl (C=O) groups is 1. The van der Waals surface area contributed by atoms with Crippen molar-refractivity contribution in [2.24, 2.45) is 0 Å². The van der Waals surface area contributed by atoms with Gasteiger partial charge < -0.3 is 24.5 Å². The van der Waals surface area contributed by atoms with E-state index in [0.29, 0.717) is 44.0 Å². The molecule has 0 radical (unpaired) electrons. The molecule has 2 aromatic heterocycles. The Morgan fingerprint density at radius 1 is 1.24 bits per heavy atom. The minimum atomic E-state index is -0.646. The minimum absolute atomic E-state index is 0.0808. The summed E-state index contributed by atoms with van der Waals surface area (Å²) in [4.78, 5) is 31.8. The summed E-state index contributed by atoms with van der Waals surface area (Å²) < 4.78 is 20.7. The van der Waals surface area contributed by atoms with Crippen LogP contribution in [-0.2, 0) is 4.79 Å². The number of piperazine rings is 1. The molecule has 2 fully saturated rings. The van der Waals surface area contributed by atoms with Crippen molar-refractivity contribution in [2.45, 2.75) is 18.9 Å². The molecule has 1 amide bonds. The molecule has 1 atom stereocenters. The summed E-state index contributed by atoms with van der Waals surface area (Å²) in [6.45, 7) is 7.08. The Bertz CT molecular complexity index is 1330. The average molecular weight is 527 g/mol. The number of carbonyl (C=O) groups excluding carboxylic acids is 1. The van der Waals surface area contributed by atoms with Crippen molar-refractivity contribution in [3.8, 4) is 23.0 Å². The first-order valence-corrected chi connectivity index (χ1v) is 12.6. The molecule has 0 saturated carbocycles. The van der Waals surface area contributed by atoms with Gasteiger partial charge in [-0.1, -0.05) is 24.2 Å². The van der Waals surface area contributed by atoms with Gasteiger partial charge in [-0.3, -0.25) is 4.79 Å². The van der Waals surface area contributed by atoms with Crippen LogP contribution in [0.5, 0.6) is 11.8 Å². The zero-order chi connectivity index (χ0) is 26.1. The van der Waals surface area contributed by atoms with Crippen molar-refractivity contribution in [3.63, 3.8) is 0 Å². The van der Waals surface area contributed by atoms with Crippen LogP contribution in [0.3, 0.4) is 0 Å². The third kappa shape index (κ3) is 5.03. The number of hydrogen-bond acceptors (Lipinski definition) is 8. The Morgan fingerprint density at radius 2 is 2.03 bits per heavy atom. The SMILES string of the molecule is C=CC(=O)N1CCN(c2nc(OCC3CCCN3C)nc3nc(-c4c(O)cccc4F)c(Cl)cc23)CC1. The minimum Gasteiger partial charge on any atom is -0.507 e. The van der Waals surface area contributed by atoms with E-state index in [4.69, 9.17) is 21.3 Å². The number of rotatable bonds is 6. The number of likely N-dealkylation sites (N-methyl/N-ethyl adjacent to an activating group) is 1. The zero-order valence-electron chi connectivity index (χ0n) is 20.5. The highest BCUT2D eigenvalue weighted by atomic mass is 35.5. The summed E-state index contributed by atoms with van der Waals surface area (Å²) in [5.41, 5.74) is 0.255. The molecule has 11 heteroatoms. The summed E-state index contributed by atoms with van der Waals surface area (Å²) in [5, 5.41) is 11.0. The fourth-order valence-corrected chi connectivity index (χ4v) is 5.10. The normalized spacial score (nSPS) is 18.4. The molecule has 1 aromatic carbocycles. The molecular formula is C26H28ClFN6O3. The highest BCUT2D eigenvalue weighted by molar-refractivity contribution is 6.34. The van der Waals surface area contributed by atoms with Crippen molar-refractivity contribution < 1.29 is 19.0 Å². The lowest BCUT2D eigenvalue weighted by Gasteiger charge is -2.35. The second-order valence-corrected chi connectivity index (χ2v) is 9.67. The predicted molar refractivity (Wildman–Crippen MR) is 140 cm³/mol. The summed E-state index contributed by atoms with van der Waals surface area (Å²) in [7, 11) is 2.06. The van der Waals surface area contributed by atoms with Crippen LogP contribution in [0.2, 0.25) is 5.02 Å². The lowest BCUT2D eigenvalue weighted by Crippen LogP contribution is -2.48. The van der Waals surface area contributed by atoms with Gasteiger partial charge in [0, 0.05) is 32.2 Å². The van der Waals surface area contributed by atoms with E-state index in [9.17, 15) is 14.3 Å². The van der Waals surface area contributed by atoms with E-state index >= 15 is 0 Å². The zero-order valence-corrected chi connectivity index (χ0v) is 21.3. The van der Waals surface area contributed by atoms with Gasteiger partial charge in [0.2, 0.25) is 5.91 Å². The first-order valence-electron chi connectivity index (χ1n) is 12.2. The highest BCUT2D eigenvalue weighted by Gasteiger charge is 2.26. The number of halogens is 2. The molecule has 0 bridgehead atoms. The number of fused-ring (bicyclic) bond motifs is 1. The number of aromatic hydroxyl groups is 1. The van der Waals surface area contributed by atoms with Crippen molar-refractivity contribution in [1.29, 1.82) is 0 Å². The van der Waals surface area contributed by atoms with Gasteiger partial charge in [-0.05, 0) is 50.7 Å². The summed E-state index contributed by atoms with van der Waals surface area (Å²) >= 11 is 6.56. The van der Waals surface area contributed by atoms with Gasteiger partial charge in [0.1, 0.15) is 24.0 Å². The Hall–Kier alpha value is -3.50. The van der Waals surface area contributed by atoms with Crippen LogP contribution in [0.4, 0.5) is 10.2 Å². The molecule has 9 nitrogen and oxygen atoms in total. The lowest BCUT2D eigenvalue weighted by molar-refractivity contribution is -0.126. The van der Waals surface area contributed by atoms with E-state index in [1.165, 1.54) is 24.3 Å². The standard InChI is InChI=1S/C26H28ClFN6O3/c1-3-21(36)33-10-12-34(13-11-33)25-17-14-18(27)23(22-19(28)7-4-8-20(22)35)29-24(17)30-26(31-25)37-15-16-6-5-9-32(16)2/h3-4,7-8,14,16,35H,1,5-6,9-13,15H2,2H3. The van der Waals surface area contributed by atoms with E-state index < -0.39 is 5.82 Å². The third-order valence-corrected chi connectivity index (χ3v) is 7.26. The maximum atomic E-state index is 14.7. The second kappa shape index (κ2) is 10.5. The van der Waals surface area contributed by atoms with Crippen LogP contribution in [0, 0.1) is 5.82 Å². The van der Waals surface area contributed by atoms with Crippen LogP contribution >= 0.6 is 11.6 Å². The largest absolute Gasteiger partial charge is 0.507 e. The second-order valence-electron chi connectivity index (χ2n) is 9.26. The molecule has 1 unspecified atom stereocenters. The summed E-state index contributed by atoms with van der Waals surface area (Å²) in [6.07, 6.45) is 3.45. The van der Waals surface area contributed by atoms with Crippen LogP contribution in [0.15, 0.2) is 36.9 Å². The molecule has 5 rings (SSSR count). The fourth-order valence-electron chi connectivity index (χ4n) is 4.85. The molecular weight excluding hydrogens is 499 g/mol. The predicted octanol–water partition coefficient (Wildman–Crippen LogP) is 3.50. The van der Waals surface area contributed by atoms with E-state index in [-0.39, 0.29) is 45.6 Å². The first kappa shape index (κ1) is 25.2. The number of pyridine rings is 1. The topological polar surface area (TPSA) is 94.9 Å². The van der Waals surface area contributed by atoms with Crippen molar-refractivity contribution in [3.05, 3.63) is 47.8 Å². The number of phenols is 1. The summed E-state index contributed by atoms with van der Waals surface area (Å²) in [5.74, 6) is -0.460. The number of aromatic nitrogens is 3. The summed E-state index contributed by atoms with van der Waals surface area (Å²) in [6, 6.07) is 6.08. The maximum Gasteiger partial charge on any atom is 0.320 e. The van der Waals surface area contributed by atoms with E-state index in [1.54, 1.807) is 11.0 Å². The van der Waals surface area contributed by atoms with Crippen LogP contribution < -0.4 is 9.64 Å². The molecule has 4 heterocycles. The van der Waals surface area contributed by atoms with E-state index in [2.05, 4.69) is 28.5 Å². The molecule has 3 aromatic rings. The fraction of sp³-hybridized carbons (Fsp3) is 0.385. The molecule has 2 saturated heterocycles. The molecule has 194 valence electrons. The molecule has 0 aliphatic carbocycles. The van der Waals surface area contributed by atoms with Crippen molar-refractivity contribution >= 4 is 34.4 Å². The van der Waals surface area contributed by atoms with Crippen LogP contribution in [0.1, 0.15) is 12.8 Å². The van der Waals surface area contributed by atoms with Gasteiger partial charge >= 0.3 is 6.01 Å². The maximum absolute atomic E-state index is 14.7. The number of likely N-dealkylation sites (tertiary alicyclic amines) is 1. The van der Waals surface area contributed by atoms with Gasteiger partial charge in [0.15, 0.2) is 5.65 Å². The van der Waals surface area contributed by atoms with Gasteiger partial charge in [0.05, 0.1) is 21.7 Å². The smallest absolute Gasteiger partial charge is 0.320 e. The number of amides is 1.